The number of carbonyl (C=O) groups excluding carboxylic acids is 1. The number of aromatic amines is 1. The Hall–Kier alpha value is -2.15. The molecule has 1 saturated heterocycles. The zero-order valence-corrected chi connectivity index (χ0v) is 10.5. The van der Waals surface area contributed by atoms with Gasteiger partial charge in [0.1, 0.15) is 5.69 Å². The summed E-state index contributed by atoms with van der Waals surface area (Å²) in [6.07, 6.45) is 7.24. The summed E-state index contributed by atoms with van der Waals surface area (Å²) >= 11 is 0. The predicted molar refractivity (Wildman–Crippen MR) is 69.9 cm³/mol. The van der Waals surface area contributed by atoms with Gasteiger partial charge in [0.2, 0.25) is 0 Å². The molecule has 1 amide bonds. The fourth-order valence-corrected chi connectivity index (χ4v) is 2.25. The molecular formula is C12H16N6O. The number of nitrogens with zero attached hydrogens (tertiary/aromatic N) is 3. The summed E-state index contributed by atoms with van der Waals surface area (Å²) in [5.74, 6) is -0.206. The molecule has 0 unspecified atom stereocenters. The summed E-state index contributed by atoms with van der Waals surface area (Å²) in [6, 6.07) is 2.05. The molecule has 0 bridgehead atoms. The number of carbonyl (C=O) groups is 1. The van der Waals surface area contributed by atoms with Crippen molar-refractivity contribution in [3.63, 3.8) is 0 Å². The van der Waals surface area contributed by atoms with E-state index in [9.17, 15) is 4.79 Å². The van der Waals surface area contributed by atoms with Crippen LogP contribution in [0.2, 0.25) is 0 Å². The minimum absolute atomic E-state index is 0.206. The number of hydrogen-bond donors (Lipinski definition) is 3. The normalized spacial score (nSPS) is 16.4. The van der Waals surface area contributed by atoms with Crippen molar-refractivity contribution < 1.29 is 4.79 Å². The van der Waals surface area contributed by atoms with Gasteiger partial charge in [-0.2, -0.15) is 10.2 Å². The average Bonchev–Trinajstić information content (AvgIpc) is 3.11. The number of anilines is 1. The molecule has 2 aromatic rings. The van der Waals surface area contributed by atoms with Gasteiger partial charge < -0.3 is 10.6 Å². The van der Waals surface area contributed by atoms with Crippen molar-refractivity contribution in [1.82, 2.24) is 25.3 Å². The third kappa shape index (κ3) is 2.65. The van der Waals surface area contributed by atoms with Crippen LogP contribution in [0, 0.1) is 0 Å². The van der Waals surface area contributed by atoms with Crippen LogP contribution in [0.1, 0.15) is 29.4 Å². The number of hydrogen-bond acceptors (Lipinski definition) is 4. The van der Waals surface area contributed by atoms with E-state index in [4.69, 9.17) is 0 Å². The first-order valence-corrected chi connectivity index (χ1v) is 6.38. The fraction of sp³-hybridized carbons (Fsp3) is 0.417. The van der Waals surface area contributed by atoms with Gasteiger partial charge in [0.15, 0.2) is 0 Å². The van der Waals surface area contributed by atoms with Crippen LogP contribution in [0.5, 0.6) is 0 Å². The largest absolute Gasteiger partial charge is 0.318 e. The van der Waals surface area contributed by atoms with Crippen molar-refractivity contribution >= 4 is 11.6 Å². The summed E-state index contributed by atoms with van der Waals surface area (Å²) in [5, 5.41) is 16.8. The van der Waals surface area contributed by atoms with Crippen molar-refractivity contribution in [2.75, 3.05) is 18.4 Å². The monoisotopic (exact) mass is 260 g/mol. The van der Waals surface area contributed by atoms with Crippen molar-refractivity contribution in [2.45, 2.75) is 18.9 Å². The SMILES string of the molecule is O=C(Nc1cnn(C2CCNCC2)c1)c1ccn[nH]1. The number of aromatic nitrogens is 4. The summed E-state index contributed by atoms with van der Waals surface area (Å²) in [4.78, 5) is 11.8. The Kier molecular flexibility index (Phi) is 3.28. The average molecular weight is 260 g/mol. The van der Waals surface area contributed by atoms with E-state index in [0.29, 0.717) is 17.4 Å². The van der Waals surface area contributed by atoms with Crippen LogP contribution < -0.4 is 10.6 Å². The van der Waals surface area contributed by atoms with E-state index in [1.165, 1.54) is 0 Å². The van der Waals surface area contributed by atoms with Crippen molar-refractivity contribution in [3.8, 4) is 0 Å². The van der Waals surface area contributed by atoms with E-state index in [1.807, 2.05) is 10.9 Å². The third-order valence-corrected chi connectivity index (χ3v) is 3.29. The maximum atomic E-state index is 11.8. The molecule has 3 N–H and O–H groups in total. The van der Waals surface area contributed by atoms with Crippen LogP contribution in [0.3, 0.4) is 0 Å². The molecule has 0 radical (unpaired) electrons. The first kappa shape index (κ1) is 11.9. The lowest BCUT2D eigenvalue weighted by Gasteiger charge is -2.22. The molecular weight excluding hydrogens is 244 g/mol. The molecule has 0 atom stereocenters. The molecule has 2 aromatic heterocycles. The zero-order valence-electron chi connectivity index (χ0n) is 10.5. The molecule has 3 heterocycles. The van der Waals surface area contributed by atoms with E-state index in [0.717, 1.165) is 25.9 Å². The number of nitrogens with one attached hydrogen (secondary N) is 3. The molecule has 1 aliphatic rings. The fourth-order valence-electron chi connectivity index (χ4n) is 2.25. The van der Waals surface area contributed by atoms with Crippen LogP contribution in [0.4, 0.5) is 5.69 Å². The van der Waals surface area contributed by atoms with Crippen LogP contribution in [0.15, 0.2) is 24.7 Å². The first-order chi connectivity index (χ1) is 9.33. The molecule has 100 valence electrons. The second kappa shape index (κ2) is 5.23. The van der Waals surface area contributed by atoms with Gasteiger partial charge in [0.25, 0.3) is 5.91 Å². The Morgan fingerprint density at radius 2 is 2.26 bits per heavy atom. The topological polar surface area (TPSA) is 87.6 Å². The van der Waals surface area contributed by atoms with Crippen molar-refractivity contribution in [1.29, 1.82) is 0 Å². The Morgan fingerprint density at radius 3 is 3.00 bits per heavy atom. The lowest BCUT2D eigenvalue weighted by molar-refractivity contribution is 0.102. The molecule has 7 nitrogen and oxygen atoms in total. The van der Waals surface area contributed by atoms with Gasteiger partial charge in [-0.15, -0.1) is 0 Å². The molecule has 1 aliphatic heterocycles. The van der Waals surface area contributed by atoms with Gasteiger partial charge >= 0.3 is 0 Å². The van der Waals surface area contributed by atoms with Crippen LogP contribution in [-0.4, -0.2) is 39.0 Å². The molecule has 0 saturated carbocycles. The highest BCUT2D eigenvalue weighted by molar-refractivity contribution is 6.02. The number of piperidine rings is 1. The lowest BCUT2D eigenvalue weighted by Crippen LogP contribution is -2.29. The maximum absolute atomic E-state index is 11.8. The van der Waals surface area contributed by atoms with Gasteiger partial charge in [-0.25, -0.2) is 0 Å². The van der Waals surface area contributed by atoms with E-state index < -0.39 is 0 Å². The van der Waals surface area contributed by atoms with Gasteiger partial charge in [-0.1, -0.05) is 0 Å². The molecule has 7 heteroatoms. The number of H-pyrrole nitrogens is 1. The lowest BCUT2D eigenvalue weighted by atomic mass is 10.1. The molecule has 0 aromatic carbocycles. The third-order valence-electron chi connectivity index (χ3n) is 3.29. The van der Waals surface area contributed by atoms with E-state index in [1.54, 1.807) is 18.5 Å². The Balaban J connectivity index is 1.66. The smallest absolute Gasteiger partial charge is 0.273 e. The Labute approximate surface area is 110 Å². The molecule has 0 spiro atoms. The van der Waals surface area contributed by atoms with E-state index in [2.05, 4.69) is 25.9 Å². The molecule has 19 heavy (non-hydrogen) atoms. The highest BCUT2D eigenvalue weighted by Crippen LogP contribution is 2.19. The van der Waals surface area contributed by atoms with Crippen molar-refractivity contribution in [2.24, 2.45) is 0 Å². The molecule has 1 fully saturated rings. The minimum Gasteiger partial charge on any atom is -0.318 e. The summed E-state index contributed by atoms with van der Waals surface area (Å²) in [5.41, 5.74) is 1.15. The van der Waals surface area contributed by atoms with Gasteiger partial charge in [0, 0.05) is 12.4 Å². The van der Waals surface area contributed by atoms with Gasteiger partial charge in [-0.05, 0) is 32.0 Å². The quantitative estimate of drug-likeness (QED) is 0.761. The zero-order chi connectivity index (χ0) is 13.1. The predicted octanol–water partition coefficient (Wildman–Crippen LogP) is 0.783. The standard InChI is InChI=1S/C12H16N6O/c19-12(11-3-6-14-17-11)16-9-7-15-18(8-9)10-1-4-13-5-2-10/h3,6-8,10,13H,1-2,4-5H2,(H,14,17)(H,16,19). The van der Waals surface area contributed by atoms with E-state index in [-0.39, 0.29) is 5.91 Å². The molecule has 0 aliphatic carbocycles. The highest BCUT2D eigenvalue weighted by Gasteiger charge is 2.16. The van der Waals surface area contributed by atoms with Crippen LogP contribution in [-0.2, 0) is 0 Å². The molecule has 3 rings (SSSR count). The first-order valence-electron chi connectivity index (χ1n) is 6.38. The second-order valence-corrected chi connectivity index (χ2v) is 4.61. The Bertz CT molecular complexity index is 540. The van der Waals surface area contributed by atoms with Gasteiger partial charge in [-0.3, -0.25) is 14.6 Å². The van der Waals surface area contributed by atoms with Crippen molar-refractivity contribution in [3.05, 3.63) is 30.4 Å². The van der Waals surface area contributed by atoms with Gasteiger partial charge in [0.05, 0.1) is 17.9 Å². The van der Waals surface area contributed by atoms with Crippen LogP contribution in [0.25, 0.3) is 0 Å². The summed E-state index contributed by atoms with van der Waals surface area (Å²) in [6.45, 7) is 2.03. The maximum Gasteiger partial charge on any atom is 0.273 e. The van der Waals surface area contributed by atoms with Crippen LogP contribution >= 0.6 is 0 Å². The van der Waals surface area contributed by atoms with E-state index >= 15 is 0 Å². The number of amides is 1. The highest BCUT2D eigenvalue weighted by atomic mass is 16.1. The summed E-state index contributed by atoms with van der Waals surface area (Å²) in [7, 11) is 0. The summed E-state index contributed by atoms with van der Waals surface area (Å²) < 4.78 is 1.93. The number of rotatable bonds is 3. The second-order valence-electron chi connectivity index (χ2n) is 4.61. The minimum atomic E-state index is -0.206. The Morgan fingerprint density at radius 1 is 1.42 bits per heavy atom.